The quantitative estimate of drug-likeness (QED) is 0.642. The van der Waals surface area contributed by atoms with E-state index in [2.05, 4.69) is 15.7 Å². The Balaban J connectivity index is 2.09. The number of imide groups is 1. The number of hydrogen-bond acceptors (Lipinski definition) is 4. The number of nitrogens with one attached hydrogen (secondary N) is 2. The number of aromatic nitrogens is 2. The molecule has 0 bridgehead atoms. The number of nitrogens with zero attached hydrogens (tertiary/aromatic N) is 2. The van der Waals surface area contributed by atoms with E-state index in [-0.39, 0.29) is 19.3 Å². The van der Waals surface area contributed by atoms with Crippen LogP contribution in [0.15, 0.2) is 18.5 Å². The maximum Gasteiger partial charge on any atom is 0.321 e. The van der Waals surface area contributed by atoms with Crippen molar-refractivity contribution in [3.8, 4) is 0 Å². The number of carbonyl (C=O) groups excluding carboxylic acids is 2. The number of carboxylic acid groups (broad SMARTS) is 1. The van der Waals surface area contributed by atoms with Crippen molar-refractivity contribution in [2.24, 2.45) is 0 Å². The molecule has 1 heterocycles. The van der Waals surface area contributed by atoms with Crippen LogP contribution in [0.1, 0.15) is 19.3 Å². The number of amides is 3. The summed E-state index contributed by atoms with van der Waals surface area (Å²) in [5, 5.41) is 17.0. The SMILES string of the molecule is O=C(O)CCCC(=O)NC(=O)NCCn1cccn1. The first kappa shape index (κ1) is 14.7. The average molecular weight is 268 g/mol. The molecule has 0 aliphatic rings. The van der Waals surface area contributed by atoms with Crippen molar-refractivity contribution in [1.29, 1.82) is 0 Å². The van der Waals surface area contributed by atoms with Crippen LogP contribution in [0.25, 0.3) is 0 Å². The summed E-state index contributed by atoms with van der Waals surface area (Å²) in [6.45, 7) is 0.851. The molecular weight excluding hydrogens is 252 g/mol. The second kappa shape index (κ2) is 7.85. The van der Waals surface area contributed by atoms with Gasteiger partial charge in [0.05, 0.1) is 6.54 Å². The minimum Gasteiger partial charge on any atom is -0.481 e. The van der Waals surface area contributed by atoms with Crippen molar-refractivity contribution < 1.29 is 19.5 Å². The molecule has 0 saturated heterocycles. The first-order valence-electron chi connectivity index (χ1n) is 5.85. The van der Waals surface area contributed by atoms with E-state index in [1.54, 1.807) is 23.1 Å². The number of hydrogen-bond donors (Lipinski definition) is 3. The smallest absolute Gasteiger partial charge is 0.321 e. The molecule has 8 nitrogen and oxygen atoms in total. The Labute approximate surface area is 109 Å². The molecule has 0 saturated carbocycles. The van der Waals surface area contributed by atoms with Crippen LogP contribution in [-0.4, -0.2) is 39.3 Å². The molecule has 0 unspecified atom stereocenters. The highest BCUT2D eigenvalue weighted by atomic mass is 16.4. The third-order valence-electron chi connectivity index (χ3n) is 2.23. The summed E-state index contributed by atoms with van der Waals surface area (Å²) in [6.07, 6.45) is 3.53. The minimum absolute atomic E-state index is 0.0128. The van der Waals surface area contributed by atoms with Crippen molar-refractivity contribution in [2.75, 3.05) is 6.54 Å². The van der Waals surface area contributed by atoms with Gasteiger partial charge in [-0.3, -0.25) is 19.6 Å². The van der Waals surface area contributed by atoms with Gasteiger partial charge in [-0.25, -0.2) is 4.79 Å². The van der Waals surface area contributed by atoms with Gasteiger partial charge in [0.15, 0.2) is 0 Å². The average Bonchev–Trinajstić information content (AvgIpc) is 2.81. The molecule has 8 heteroatoms. The molecule has 0 fully saturated rings. The molecule has 1 aromatic heterocycles. The zero-order chi connectivity index (χ0) is 14.1. The van der Waals surface area contributed by atoms with Crippen LogP contribution in [0, 0.1) is 0 Å². The van der Waals surface area contributed by atoms with Crippen molar-refractivity contribution in [2.45, 2.75) is 25.8 Å². The summed E-state index contributed by atoms with van der Waals surface area (Å²) in [6, 6.07) is 1.18. The van der Waals surface area contributed by atoms with E-state index in [0.717, 1.165) is 0 Å². The van der Waals surface area contributed by atoms with Crippen molar-refractivity contribution >= 4 is 17.9 Å². The lowest BCUT2D eigenvalue weighted by Crippen LogP contribution is -2.40. The fourth-order valence-corrected chi connectivity index (χ4v) is 1.35. The van der Waals surface area contributed by atoms with Gasteiger partial charge in [0, 0.05) is 31.8 Å². The van der Waals surface area contributed by atoms with Crippen LogP contribution in [0.3, 0.4) is 0 Å². The van der Waals surface area contributed by atoms with Crippen molar-refractivity contribution in [3.63, 3.8) is 0 Å². The Morgan fingerprint density at radius 3 is 2.68 bits per heavy atom. The van der Waals surface area contributed by atoms with Crippen LogP contribution in [0.2, 0.25) is 0 Å². The summed E-state index contributed by atoms with van der Waals surface area (Å²) in [7, 11) is 0. The Morgan fingerprint density at radius 1 is 1.26 bits per heavy atom. The Hall–Kier alpha value is -2.38. The minimum atomic E-state index is -0.962. The molecule has 104 valence electrons. The molecule has 0 atom stereocenters. The van der Waals surface area contributed by atoms with E-state index >= 15 is 0 Å². The molecular formula is C11H16N4O4. The summed E-state index contributed by atoms with van der Waals surface area (Å²) < 4.78 is 1.65. The second-order valence-corrected chi connectivity index (χ2v) is 3.82. The van der Waals surface area contributed by atoms with E-state index < -0.39 is 17.9 Å². The predicted octanol–water partition coefficient (Wildman–Crippen LogP) is -0.0362. The topological polar surface area (TPSA) is 113 Å². The molecule has 0 spiro atoms. The van der Waals surface area contributed by atoms with Crippen LogP contribution in [-0.2, 0) is 16.1 Å². The van der Waals surface area contributed by atoms with Gasteiger partial charge in [0.1, 0.15) is 0 Å². The predicted molar refractivity (Wildman–Crippen MR) is 65.3 cm³/mol. The molecule has 0 radical (unpaired) electrons. The van der Waals surface area contributed by atoms with Gasteiger partial charge in [-0.05, 0) is 12.5 Å². The van der Waals surface area contributed by atoms with Gasteiger partial charge in [0.25, 0.3) is 0 Å². The number of carbonyl (C=O) groups is 3. The van der Waals surface area contributed by atoms with E-state index in [1.807, 2.05) is 0 Å². The van der Waals surface area contributed by atoms with Gasteiger partial charge < -0.3 is 10.4 Å². The lowest BCUT2D eigenvalue weighted by molar-refractivity contribution is -0.137. The number of aliphatic carboxylic acids is 1. The first-order valence-corrected chi connectivity index (χ1v) is 5.85. The molecule has 0 aromatic carbocycles. The Morgan fingerprint density at radius 2 is 2.05 bits per heavy atom. The first-order chi connectivity index (χ1) is 9.08. The van der Waals surface area contributed by atoms with Gasteiger partial charge in [0.2, 0.25) is 5.91 Å². The highest BCUT2D eigenvalue weighted by molar-refractivity contribution is 5.94. The van der Waals surface area contributed by atoms with Gasteiger partial charge in [-0.2, -0.15) is 5.10 Å². The second-order valence-electron chi connectivity index (χ2n) is 3.82. The lowest BCUT2D eigenvalue weighted by Gasteiger charge is -2.06. The summed E-state index contributed by atoms with van der Waals surface area (Å²) in [5.74, 6) is -1.45. The largest absolute Gasteiger partial charge is 0.481 e. The van der Waals surface area contributed by atoms with Gasteiger partial charge in [-0.1, -0.05) is 0 Å². The third-order valence-corrected chi connectivity index (χ3v) is 2.23. The number of urea groups is 1. The molecule has 3 N–H and O–H groups in total. The maximum absolute atomic E-state index is 11.3. The number of carboxylic acids is 1. The van der Waals surface area contributed by atoms with Crippen LogP contribution in [0.5, 0.6) is 0 Å². The molecule has 0 aliphatic carbocycles. The van der Waals surface area contributed by atoms with Crippen LogP contribution < -0.4 is 10.6 Å². The fraction of sp³-hybridized carbons (Fsp3) is 0.455. The van der Waals surface area contributed by atoms with Gasteiger partial charge in [-0.15, -0.1) is 0 Å². The van der Waals surface area contributed by atoms with Crippen LogP contribution in [0.4, 0.5) is 4.79 Å². The molecule has 1 rings (SSSR count). The van der Waals surface area contributed by atoms with Gasteiger partial charge >= 0.3 is 12.0 Å². The van der Waals surface area contributed by atoms with E-state index in [1.165, 1.54) is 0 Å². The molecule has 0 aliphatic heterocycles. The van der Waals surface area contributed by atoms with Crippen molar-refractivity contribution in [1.82, 2.24) is 20.4 Å². The normalized spacial score (nSPS) is 9.89. The standard InChI is InChI=1S/C11H16N4O4/c16-9(3-1-4-10(17)18)14-11(19)12-6-8-15-7-2-5-13-15/h2,5,7H,1,3-4,6,8H2,(H,17,18)(H2,12,14,16,19). The summed E-state index contributed by atoms with van der Waals surface area (Å²) in [4.78, 5) is 32.8. The number of rotatable bonds is 7. The molecule has 19 heavy (non-hydrogen) atoms. The molecule has 3 amide bonds. The highest BCUT2D eigenvalue weighted by Gasteiger charge is 2.07. The van der Waals surface area contributed by atoms with E-state index in [4.69, 9.17) is 5.11 Å². The Bertz CT molecular complexity index is 430. The fourth-order valence-electron chi connectivity index (χ4n) is 1.35. The maximum atomic E-state index is 11.3. The summed E-state index contributed by atoms with van der Waals surface area (Å²) in [5.41, 5.74) is 0. The van der Waals surface area contributed by atoms with Crippen molar-refractivity contribution in [3.05, 3.63) is 18.5 Å². The van der Waals surface area contributed by atoms with Crippen LogP contribution >= 0.6 is 0 Å². The molecule has 1 aromatic rings. The highest BCUT2D eigenvalue weighted by Crippen LogP contribution is 1.94. The zero-order valence-corrected chi connectivity index (χ0v) is 10.3. The monoisotopic (exact) mass is 268 g/mol. The van der Waals surface area contributed by atoms with E-state index in [0.29, 0.717) is 13.1 Å². The summed E-state index contributed by atoms with van der Waals surface area (Å²) >= 11 is 0. The zero-order valence-electron chi connectivity index (χ0n) is 10.3. The third kappa shape index (κ3) is 6.81. The van der Waals surface area contributed by atoms with E-state index in [9.17, 15) is 14.4 Å². The lowest BCUT2D eigenvalue weighted by atomic mass is 10.2. The Kier molecular flexibility index (Phi) is 6.07.